The van der Waals surface area contributed by atoms with Crippen LogP contribution >= 0.6 is 23.2 Å². The highest BCUT2D eigenvalue weighted by Gasteiger charge is 2.15. The molecule has 5 heteroatoms. The molecule has 0 aliphatic carbocycles. The van der Waals surface area contributed by atoms with Gasteiger partial charge in [-0.1, -0.05) is 59.6 Å². The Labute approximate surface area is 143 Å². The second-order valence-electron chi connectivity index (χ2n) is 4.86. The van der Waals surface area contributed by atoms with Gasteiger partial charge in [0.1, 0.15) is 23.2 Å². The van der Waals surface area contributed by atoms with Crippen molar-refractivity contribution in [1.82, 2.24) is 4.98 Å². The zero-order valence-corrected chi connectivity index (χ0v) is 13.5. The van der Waals surface area contributed by atoms with Gasteiger partial charge in [-0.25, -0.2) is 9.37 Å². The highest BCUT2D eigenvalue weighted by Crippen LogP contribution is 2.34. The Kier molecular flexibility index (Phi) is 4.79. The summed E-state index contributed by atoms with van der Waals surface area (Å²) in [6.07, 6.45) is 0. The van der Waals surface area contributed by atoms with Gasteiger partial charge in [0.2, 0.25) is 0 Å². The van der Waals surface area contributed by atoms with Gasteiger partial charge in [0.15, 0.2) is 5.82 Å². The topological polar surface area (TPSA) is 22.1 Å². The first kappa shape index (κ1) is 15.8. The van der Waals surface area contributed by atoms with Crippen molar-refractivity contribution in [3.8, 4) is 17.0 Å². The first-order valence-corrected chi connectivity index (χ1v) is 7.68. The Morgan fingerprint density at radius 2 is 1.70 bits per heavy atom. The summed E-state index contributed by atoms with van der Waals surface area (Å²) in [6.45, 7) is 0.347. The second kappa shape index (κ2) is 6.99. The minimum Gasteiger partial charge on any atom is -0.487 e. The third-order valence-electron chi connectivity index (χ3n) is 3.27. The van der Waals surface area contributed by atoms with Crippen molar-refractivity contribution in [3.05, 3.63) is 82.2 Å². The van der Waals surface area contributed by atoms with Crippen LogP contribution in [0.4, 0.5) is 4.39 Å². The molecule has 0 unspecified atom stereocenters. The number of rotatable bonds is 4. The van der Waals surface area contributed by atoms with Crippen LogP contribution in [0.25, 0.3) is 11.3 Å². The molecule has 3 rings (SSSR count). The van der Waals surface area contributed by atoms with Gasteiger partial charge in [0.25, 0.3) is 0 Å². The molecule has 1 aromatic heterocycles. The summed E-state index contributed by atoms with van der Waals surface area (Å²) in [6, 6.07) is 17.7. The Bertz CT molecular complexity index is 825. The summed E-state index contributed by atoms with van der Waals surface area (Å²) in [5.41, 5.74) is 1.58. The van der Waals surface area contributed by atoms with Crippen LogP contribution in [0.2, 0.25) is 10.2 Å². The van der Waals surface area contributed by atoms with Crippen molar-refractivity contribution in [2.75, 3.05) is 0 Å². The minimum atomic E-state index is -0.548. The summed E-state index contributed by atoms with van der Waals surface area (Å²) >= 11 is 11.8. The molecule has 0 saturated heterocycles. The number of aromatic nitrogens is 1. The fourth-order valence-corrected chi connectivity index (χ4v) is 2.48. The summed E-state index contributed by atoms with van der Waals surface area (Å²) in [4.78, 5) is 4.20. The van der Waals surface area contributed by atoms with Crippen molar-refractivity contribution in [3.63, 3.8) is 0 Å². The average molecular weight is 348 g/mol. The van der Waals surface area contributed by atoms with Crippen molar-refractivity contribution < 1.29 is 9.13 Å². The lowest BCUT2D eigenvalue weighted by Crippen LogP contribution is -1.99. The van der Waals surface area contributed by atoms with Crippen LogP contribution in [0.3, 0.4) is 0 Å². The first-order valence-electron chi connectivity index (χ1n) is 6.93. The third kappa shape index (κ3) is 3.63. The molecule has 2 nitrogen and oxygen atoms in total. The highest BCUT2D eigenvalue weighted by atomic mass is 35.5. The Morgan fingerprint density at radius 3 is 2.48 bits per heavy atom. The second-order valence-corrected chi connectivity index (χ2v) is 5.65. The largest absolute Gasteiger partial charge is 0.487 e. The highest BCUT2D eigenvalue weighted by molar-refractivity contribution is 6.31. The zero-order chi connectivity index (χ0) is 16.2. The Hall–Kier alpha value is -2.10. The minimum absolute atomic E-state index is 0.0262. The van der Waals surface area contributed by atoms with Crippen LogP contribution in [0.1, 0.15) is 5.56 Å². The Morgan fingerprint density at radius 1 is 0.913 bits per heavy atom. The summed E-state index contributed by atoms with van der Waals surface area (Å²) < 4.78 is 20.1. The molecule has 0 radical (unpaired) electrons. The van der Waals surface area contributed by atoms with Crippen molar-refractivity contribution >= 4 is 23.2 Å². The molecule has 2 aromatic carbocycles. The smallest absolute Gasteiger partial charge is 0.151 e. The maximum atomic E-state index is 14.3. The van der Waals surface area contributed by atoms with Crippen LogP contribution in [0.15, 0.2) is 60.7 Å². The number of hydrogen-bond donors (Lipinski definition) is 0. The SMILES string of the molecule is Fc1c(Cl)cccc1-c1nc(Cl)ccc1OCc1ccccc1. The van der Waals surface area contributed by atoms with Gasteiger partial charge in [-0.05, 0) is 29.8 Å². The van der Waals surface area contributed by atoms with Gasteiger partial charge >= 0.3 is 0 Å². The predicted molar refractivity (Wildman–Crippen MR) is 90.4 cm³/mol. The summed E-state index contributed by atoms with van der Waals surface area (Å²) in [5, 5.41) is 0.282. The van der Waals surface area contributed by atoms with Gasteiger partial charge in [-0.3, -0.25) is 0 Å². The molecule has 0 bridgehead atoms. The number of halogens is 3. The molecule has 0 amide bonds. The molecule has 0 atom stereocenters. The predicted octanol–water partition coefficient (Wildman–Crippen LogP) is 5.77. The molecule has 116 valence electrons. The van der Waals surface area contributed by atoms with E-state index in [0.717, 1.165) is 5.56 Å². The molecule has 1 heterocycles. The third-order valence-corrected chi connectivity index (χ3v) is 3.77. The molecule has 3 aromatic rings. The number of benzene rings is 2. The van der Waals surface area contributed by atoms with E-state index in [1.165, 1.54) is 6.07 Å². The summed E-state index contributed by atoms with van der Waals surface area (Å²) in [7, 11) is 0. The van der Waals surface area contributed by atoms with Crippen LogP contribution in [-0.2, 0) is 6.61 Å². The van der Waals surface area contributed by atoms with E-state index in [0.29, 0.717) is 18.1 Å². The molecular weight excluding hydrogens is 336 g/mol. The van der Waals surface area contributed by atoms with E-state index in [4.69, 9.17) is 27.9 Å². The maximum absolute atomic E-state index is 14.3. The van der Waals surface area contributed by atoms with Crippen LogP contribution < -0.4 is 4.74 Å². The normalized spacial score (nSPS) is 10.6. The van der Waals surface area contributed by atoms with E-state index in [1.54, 1.807) is 24.3 Å². The van der Waals surface area contributed by atoms with Gasteiger partial charge in [0.05, 0.1) is 5.02 Å². The number of pyridine rings is 1. The van der Waals surface area contributed by atoms with Crippen molar-refractivity contribution in [2.45, 2.75) is 6.61 Å². The molecule has 0 aliphatic heterocycles. The van der Waals surface area contributed by atoms with E-state index in [9.17, 15) is 4.39 Å². The first-order chi connectivity index (χ1) is 11.1. The fraction of sp³-hybridized carbons (Fsp3) is 0.0556. The molecule has 0 aliphatic rings. The van der Waals surface area contributed by atoms with E-state index in [1.807, 2.05) is 30.3 Å². The lowest BCUT2D eigenvalue weighted by atomic mass is 10.1. The van der Waals surface area contributed by atoms with E-state index in [-0.39, 0.29) is 15.7 Å². The lowest BCUT2D eigenvalue weighted by Gasteiger charge is -2.12. The molecule has 23 heavy (non-hydrogen) atoms. The van der Waals surface area contributed by atoms with Gasteiger partial charge < -0.3 is 4.74 Å². The van der Waals surface area contributed by atoms with Gasteiger partial charge in [-0.2, -0.15) is 0 Å². The molecule has 0 N–H and O–H groups in total. The van der Waals surface area contributed by atoms with E-state index in [2.05, 4.69) is 4.98 Å². The monoisotopic (exact) mass is 347 g/mol. The van der Waals surface area contributed by atoms with E-state index >= 15 is 0 Å². The van der Waals surface area contributed by atoms with Crippen LogP contribution in [-0.4, -0.2) is 4.98 Å². The molecule has 0 spiro atoms. The summed E-state index contributed by atoms with van der Waals surface area (Å²) in [5.74, 6) is -0.104. The maximum Gasteiger partial charge on any atom is 0.151 e. The lowest BCUT2D eigenvalue weighted by molar-refractivity contribution is 0.306. The fourth-order valence-electron chi connectivity index (χ4n) is 2.15. The zero-order valence-electron chi connectivity index (χ0n) is 12.0. The number of hydrogen-bond acceptors (Lipinski definition) is 2. The molecular formula is C18H12Cl2FNO. The van der Waals surface area contributed by atoms with E-state index < -0.39 is 5.82 Å². The van der Waals surface area contributed by atoms with Crippen molar-refractivity contribution in [2.24, 2.45) is 0 Å². The van der Waals surface area contributed by atoms with Crippen molar-refractivity contribution in [1.29, 1.82) is 0 Å². The number of nitrogens with zero attached hydrogens (tertiary/aromatic N) is 1. The number of ether oxygens (including phenoxy) is 1. The van der Waals surface area contributed by atoms with Crippen LogP contribution in [0, 0.1) is 5.82 Å². The molecule has 0 saturated carbocycles. The Balaban J connectivity index is 1.96. The quantitative estimate of drug-likeness (QED) is 0.558. The van der Waals surface area contributed by atoms with Crippen LogP contribution in [0.5, 0.6) is 5.75 Å². The van der Waals surface area contributed by atoms with Gasteiger partial charge in [-0.15, -0.1) is 0 Å². The average Bonchev–Trinajstić information content (AvgIpc) is 2.57. The standard InChI is InChI=1S/C18H12Cl2FNO/c19-14-8-4-7-13(17(14)21)18-15(9-10-16(20)22-18)23-11-12-5-2-1-3-6-12/h1-10H,11H2. The van der Waals surface area contributed by atoms with Gasteiger partial charge in [0, 0.05) is 5.56 Å². The molecule has 0 fully saturated rings.